The standard InChI is InChI=1S/C24H28N2/c1-2-6-21(7-3-1)18-26-15-5-10-22(19-26)9-4-8-20-11-12-24-17-25-14-13-23(24)16-20/h1-3,6-7,11-14,16-17,22H,4-5,8-10,15,18-19H2/t22-/m1/s1. The van der Waals surface area contributed by atoms with Crippen molar-refractivity contribution in [2.75, 3.05) is 13.1 Å². The molecule has 2 heterocycles. The fraction of sp³-hybridized carbons (Fsp3) is 0.375. The van der Waals surface area contributed by atoms with Gasteiger partial charge in [-0.15, -0.1) is 0 Å². The van der Waals surface area contributed by atoms with Crippen LogP contribution in [0.3, 0.4) is 0 Å². The maximum Gasteiger partial charge on any atom is 0.0346 e. The predicted molar refractivity (Wildman–Crippen MR) is 109 cm³/mol. The quantitative estimate of drug-likeness (QED) is 0.589. The molecule has 0 unspecified atom stereocenters. The van der Waals surface area contributed by atoms with Gasteiger partial charge >= 0.3 is 0 Å². The van der Waals surface area contributed by atoms with Crippen molar-refractivity contribution in [2.45, 2.75) is 38.6 Å². The highest BCUT2D eigenvalue weighted by Crippen LogP contribution is 2.24. The van der Waals surface area contributed by atoms with Gasteiger partial charge < -0.3 is 0 Å². The molecule has 0 radical (unpaired) electrons. The number of fused-ring (bicyclic) bond motifs is 1. The van der Waals surface area contributed by atoms with Gasteiger partial charge in [0.1, 0.15) is 0 Å². The van der Waals surface area contributed by atoms with Gasteiger partial charge in [-0.3, -0.25) is 9.88 Å². The highest BCUT2D eigenvalue weighted by atomic mass is 15.1. The normalized spacial score (nSPS) is 18.2. The van der Waals surface area contributed by atoms with E-state index in [1.165, 1.54) is 67.1 Å². The zero-order valence-electron chi connectivity index (χ0n) is 15.5. The molecule has 134 valence electrons. The van der Waals surface area contributed by atoms with Crippen LogP contribution in [-0.2, 0) is 13.0 Å². The van der Waals surface area contributed by atoms with Crippen molar-refractivity contribution in [1.29, 1.82) is 0 Å². The van der Waals surface area contributed by atoms with Crippen LogP contribution in [0, 0.1) is 5.92 Å². The number of piperidine rings is 1. The summed E-state index contributed by atoms with van der Waals surface area (Å²) in [5.41, 5.74) is 2.90. The SMILES string of the molecule is c1ccc(CN2CCC[C@@H](CCCc3ccc4cnccc4c3)C2)cc1. The lowest BCUT2D eigenvalue weighted by molar-refractivity contribution is 0.160. The molecule has 2 heteroatoms. The zero-order chi connectivity index (χ0) is 17.6. The highest BCUT2D eigenvalue weighted by molar-refractivity contribution is 5.81. The summed E-state index contributed by atoms with van der Waals surface area (Å²) >= 11 is 0. The minimum absolute atomic E-state index is 0.858. The predicted octanol–water partition coefficient (Wildman–Crippen LogP) is 5.47. The van der Waals surface area contributed by atoms with Crippen LogP contribution in [0.15, 0.2) is 67.0 Å². The first-order valence-corrected chi connectivity index (χ1v) is 9.96. The summed E-state index contributed by atoms with van der Waals surface area (Å²) in [6.45, 7) is 3.62. The van der Waals surface area contributed by atoms with Gasteiger partial charge in [0.2, 0.25) is 0 Å². The Kier molecular flexibility index (Phi) is 5.61. The number of aromatic nitrogens is 1. The van der Waals surface area contributed by atoms with Crippen molar-refractivity contribution >= 4 is 10.8 Å². The summed E-state index contributed by atoms with van der Waals surface area (Å²) in [6, 6.07) is 19.8. The lowest BCUT2D eigenvalue weighted by Gasteiger charge is -2.32. The van der Waals surface area contributed by atoms with Crippen molar-refractivity contribution in [1.82, 2.24) is 9.88 Å². The Morgan fingerprint density at radius 3 is 2.81 bits per heavy atom. The molecule has 2 aromatic carbocycles. The van der Waals surface area contributed by atoms with Crippen LogP contribution in [0.4, 0.5) is 0 Å². The monoisotopic (exact) mass is 344 g/mol. The van der Waals surface area contributed by atoms with E-state index in [-0.39, 0.29) is 0 Å². The van der Waals surface area contributed by atoms with Crippen LogP contribution in [0.25, 0.3) is 10.8 Å². The largest absolute Gasteiger partial charge is 0.299 e. The number of aryl methyl sites for hydroxylation is 1. The van der Waals surface area contributed by atoms with Crippen LogP contribution >= 0.6 is 0 Å². The van der Waals surface area contributed by atoms with Gasteiger partial charge in [-0.1, -0.05) is 48.5 Å². The third-order valence-corrected chi connectivity index (χ3v) is 5.63. The molecule has 1 aromatic heterocycles. The molecule has 1 fully saturated rings. The summed E-state index contributed by atoms with van der Waals surface area (Å²) in [6.07, 6.45) is 10.4. The number of likely N-dealkylation sites (tertiary alicyclic amines) is 1. The molecule has 0 saturated carbocycles. The third kappa shape index (κ3) is 4.50. The minimum Gasteiger partial charge on any atom is -0.299 e. The second-order valence-electron chi connectivity index (χ2n) is 7.68. The van der Waals surface area contributed by atoms with Gasteiger partial charge in [0.15, 0.2) is 0 Å². The van der Waals surface area contributed by atoms with Gasteiger partial charge in [-0.2, -0.15) is 0 Å². The van der Waals surface area contributed by atoms with Crippen LogP contribution in [0.1, 0.15) is 36.8 Å². The van der Waals surface area contributed by atoms with Crippen LogP contribution in [0.2, 0.25) is 0 Å². The lowest BCUT2D eigenvalue weighted by Crippen LogP contribution is -2.34. The number of rotatable bonds is 6. The lowest BCUT2D eigenvalue weighted by atomic mass is 9.91. The molecule has 0 amide bonds. The molecule has 1 atom stereocenters. The molecular weight excluding hydrogens is 316 g/mol. The maximum atomic E-state index is 4.20. The molecule has 4 rings (SSSR count). The van der Waals surface area contributed by atoms with E-state index in [4.69, 9.17) is 0 Å². The average Bonchev–Trinajstić information content (AvgIpc) is 2.69. The van der Waals surface area contributed by atoms with Crippen molar-refractivity contribution in [3.63, 3.8) is 0 Å². The Morgan fingerprint density at radius 2 is 1.88 bits per heavy atom. The smallest absolute Gasteiger partial charge is 0.0346 e. The summed E-state index contributed by atoms with van der Waals surface area (Å²) in [5.74, 6) is 0.858. The number of hydrogen-bond donors (Lipinski definition) is 0. The van der Waals surface area contributed by atoms with Gasteiger partial charge in [-0.05, 0) is 67.1 Å². The van der Waals surface area contributed by atoms with Crippen LogP contribution in [-0.4, -0.2) is 23.0 Å². The van der Waals surface area contributed by atoms with Gasteiger partial charge in [-0.25, -0.2) is 0 Å². The van der Waals surface area contributed by atoms with E-state index >= 15 is 0 Å². The minimum atomic E-state index is 0.858. The van der Waals surface area contributed by atoms with E-state index in [9.17, 15) is 0 Å². The van der Waals surface area contributed by atoms with Crippen molar-refractivity contribution in [2.24, 2.45) is 5.92 Å². The number of nitrogens with zero attached hydrogens (tertiary/aromatic N) is 2. The zero-order valence-corrected chi connectivity index (χ0v) is 15.5. The molecule has 3 aromatic rings. The summed E-state index contributed by atoms with van der Waals surface area (Å²) in [4.78, 5) is 6.84. The molecule has 0 N–H and O–H groups in total. The molecule has 0 spiro atoms. The molecule has 26 heavy (non-hydrogen) atoms. The second-order valence-corrected chi connectivity index (χ2v) is 7.68. The van der Waals surface area contributed by atoms with Crippen LogP contribution < -0.4 is 0 Å². The van der Waals surface area contributed by atoms with E-state index in [0.29, 0.717) is 0 Å². The fourth-order valence-corrected chi connectivity index (χ4v) is 4.26. The van der Waals surface area contributed by atoms with Crippen molar-refractivity contribution in [3.05, 3.63) is 78.1 Å². The Morgan fingerprint density at radius 1 is 0.962 bits per heavy atom. The summed E-state index contributed by atoms with van der Waals surface area (Å²) < 4.78 is 0. The average molecular weight is 345 g/mol. The molecule has 1 aliphatic heterocycles. The van der Waals surface area contributed by atoms with Crippen LogP contribution in [0.5, 0.6) is 0 Å². The molecule has 1 aliphatic rings. The second kappa shape index (κ2) is 8.46. The van der Waals surface area contributed by atoms with E-state index in [1.807, 2.05) is 12.4 Å². The Hall–Kier alpha value is -2.19. The first-order chi connectivity index (χ1) is 12.9. The number of pyridine rings is 1. The van der Waals surface area contributed by atoms with Crippen molar-refractivity contribution in [3.8, 4) is 0 Å². The van der Waals surface area contributed by atoms with Gasteiger partial charge in [0.05, 0.1) is 0 Å². The first kappa shape index (κ1) is 17.2. The molecule has 0 aliphatic carbocycles. The summed E-state index contributed by atoms with van der Waals surface area (Å²) in [7, 11) is 0. The van der Waals surface area contributed by atoms with E-state index < -0.39 is 0 Å². The Bertz CT molecular complexity index is 828. The Labute approximate surface area is 156 Å². The number of benzene rings is 2. The van der Waals surface area contributed by atoms with Gasteiger partial charge in [0.25, 0.3) is 0 Å². The van der Waals surface area contributed by atoms with E-state index in [0.717, 1.165) is 12.5 Å². The first-order valence-electron chi connectivity index (χ1n) is 9.96. The Balaban J connectivity index is 1.27. The van der Waals surface area contributed by atoms with E-state index in [1.54, 1.807) is 0 Å². The molecule has 2 nitrogen and oxygen atoms in total. The number of hydrogen-bond acceptors (Lipinski definition) is 2. The third-order valence-electron chi connectivity index (χ3n) is 5.63. The summed E-state index contributed by atoms with van der Waals surface area (Å²) in [5, 5.41) is 2.55. The molecule has 1 saturated heterocycles. The van der Waals surface area contributed by atoms with Gasteiger partial charge in [0, 0.05) is 30.9 Å². The maximum absolute atomic E-state index is 4.20. The van der Waals surface area contributed by atoms with Crippen molar-refractivity contribution < 1.29 is 0 Å². The highest BCUT2D eigenvalue weighted by Gasteiger charge is 2.19. The molecular formula is C24H28N2. The molecule has 0 bridgehead atoms. The van der Waals surface area contributed by atoms with E-state index in [2.05, 4.69) is 64.5 Å². The topological polar surface area (TPSA) is 16.1 Å². The fourth-order valence-electron chi connectivity index (χ4n) is 4.26.